The van der Waals surface area contributed by atoms with E-state index in [0.717, 1.165) is 6.42 Å². The van der Waals surface area contributed by atoms with Crippen LogP contribution in [-0.4, -0.2) is 180 Å². The summed E-state index contributed by atoms with van der Waals surface area (Å²) in [5, 5.41) is 52.4. The van der Waals surface area contributed by atoms with Crippen molar-refractivity contribution in [2.24, 2.45) is 34.5 Å². The van der Waals surface area contributed by atoms with Gasteiger partial charge in [0.1, 0.15) is 78.0 Å². The Morgan fingerprint density at radius 1 is 0.771 bits per heavy atom. The lowest BCUT2D eigenvalue weighted by molar-refractivity contribution is -0.371. The average Bonchev–Trinajstić information content (AvgIpc) is 3.88. The molecule has 4 heterocycles. The van der Waals surface area contributed by atoms with Gasteiger partial charge in [-0.2, -0.15) is 0 Å². The molecule has 19 nitrogen and oxygen atoms in total. The number of ether oxygens (including phenoxy) is 11. The second kappa shape index (κ2) is 20.5. The first-order chi connectivity index (χ1) is 33.1. The van der Waals surface area contributed by atoms with Gasteiger partial charge in [-0.25, -0.2) is 4.79 Å². The number of aliphatic hydroxyl groups is 5. The smallest absolute Gasteiger partial charge is 0.333 e. The SMILES string of the molecule is C/C=C(\C)C(=O)O[C@@H]1[C@@H](OC(=O)C(C)CC)[C@@H]2[C@@]3(C)CC[C@H](O[C@H]4C[C@@H](OC)[C@H](O[C@@H]5O[C@H](C)[C@@H](O[C@@H]6O[C@H](CO)[C@@H](O)[C@H](O)[C@H]6O)[C@@H](OC)[C@H]5O)[C@@H](C)O4)C[C@@H]3CC[C@]23O[C@@]32CC[C@@H](C(C)=O)[C@@]12C. The molecule has 398 valence electrons. The van der Waals surface area contributed by atoms with Crippen LogP contribution in [0, 0.1) is 34.5 Å². The summed E-state index contributed by atoms with van der Waals surface area (Å²) in [6.45, 7) is 16.0. The molecule has 2 spiro atoms. The van der Waals surface area contributed by atoms with Crippen molar-refractivity contribution in [2.45, 2.75) is 236 Å². The minimum absolute atomic E-state index is 0.00946. The lowest BCUT2D eigenvalue weighted by atomic mass is 9.43. The van der Waals surface area contributed by atoms with Crippen LogP contribution in [-0.2, 0) is 66.5 Å². The van der Waals surface area contributed by atoms with E-state index < -0.39 is 145 Å². The number of carbonyl (C=O) groups is 3. The Morgan fingerprint density at radius 3 is 2.10 bits per heavy atom. The van der Waals surface area contributed by atoms with Crippen LogP contribution in [0.3, 0.4) is 0 Å². The zero-order valence-corrected chi connectivity index (χ0v) is 42.7. The molecule has 5 N–H and O–H groups in total. The van der Waals surface area contributed by atoms with E-state index in [-0.39, 0.29) is 29.7 Å². The Bertz CT molecular complexity index is 1930. The molecule has 4 saturated heterocycles. The van der Waals surface area contributed by atoms with E-state index in [1.165, 1.54) is 7.11 Å². The molecule has 0 aromatic rings. The quantitative estimate of drug-likeness (QED) is 0.0684. The number of rotatable bonds is 15. The van der Waals surface area contributed by atoms with E-state index in [9.17, 15) is 39.9 Å². The third-order valence-electron chi connectivity index (χ3n) is 18.6. The summed E-state index contributed by atoms with van der Waals surface area (Å²) in [4.78, 5) is 41.4. The summed E-state index contributed by atoms with van der Waals surface area (Å²) in [6, 6.07) is 0. The summed E-state index contributed by atoms with van der Waals surface area (Å²) in [5.41, 5.74) is -2.29. The van der Waals surface area contributed by atoms with E-state index in [2.05, 4.69) is 6.92 Å². The number of hydrogen-bond acceptors (Lipinski definition) is 19. The molecule has 8 fully saturated rings. The van der Waals surface area contributed by atoms with Gasteiger partial charge in [0.05, 0.1) is 36.9 Å². The third kappa shape index (κ3) is 8.74. The number of aliphatic hydroxyl groups excluding tert-OH is 5. The fourth-order valence-corrected chi connectivity index (χ4v) is 14.4. The van der Waals surface area contributed by atoms with Gasteiger partial charge in [-0.05, 0) is 97.3 Å². The Morgan fingerprint density at radius 2 is 1.46 bits per heavy atom. The van der Waals surface area contributed by atoms with E-state index in [0.29, 0.717) is 56.9 Å². The topological polar surface area (TPSA) is 257 Å². The van der Waals surface area contributed by atoms with Crippen LogP contribution < -0.4 is 0 Å². The van der Waals surface area contributed by atoms with Crippen LogP contribution in [0.15, 0.2) is 11.6 Å². The Kier molecular flexibility index (Phi) is 15.8. The minimum Gasteiger partial charge on any atom is -0.458 e. The number of carbonyl (C=O) groups excluding carboxylic acids is 3. The summed E-state index contributed by atoms with van der Waals surface area (Å²) < 4.78 is 69.6. The summed E-state index contributed by atoms with van der Waals surface area (Å²) in [6.07, 6.45) is -10.1. The van der Waals surface area contributed by atoms with Gasteiger partial charge < -0.3 is 77.6 Å². The second-order valence-corrected chi connectivity index (χ2v) is 22.1. The maximum absolute atomic E-state index is 14.0. The molecule has 19 heteroatoms. The molecule has 0 bridgehead atoms. The highest BCUT2D eigenvalue weighted by Crippen LogP contribution is 2.81. The number of Topliss-reactive ketones (excluding diaryl/α,β-unsaturated/α-hetero) is 1. The van der Waals surface area contributed by atoms with Gasteiger partial charge in [-0.15, -0.1) is 0 Å². The first kappa shape index (κ1) is 54.1. The van der Waals surface area contributed by atoms with E-state index in [4.69, 9.17) is 52.1 Å². The van der Waals surface area contributed by atoms with Crippen LogP contribution in [0.2, 0.25) is 0 Å². The van der Waals surface area contributed by atoms with Gasteiger partial charge in [0.25, 0.3) is 0 Å². The highest BCUT2D eigenvalue weighted by atomic mass is 16.8. The largest absolute Gasteiger partial charge is 0.458 e. The van der Waals surface area contributed by atoms with Crippen molar-refractivity contribution in [1.82, 2.24) is 0 Å². The monoisotopic (exact) mass is 997 g/mol. The van der Waals surface area contributed by atoms with Crippen LogP contribution >= 0.6 is 0 Å². The van der Waals surface area contributed by atoms with Crippen molar-refractivity contribution < 1.29 is 92.0 Å². The summed E-state index contributed by atoms with van der Waals surface area (Å²) in [7, 11) is 2.95. The normalized spacial score (nSPS) is 50.4. The summed E-state index contributed by atoms with van der Waals surface area (Å²) in [5.74, 6) is -1.87. The van der Waals surface area contributed by atoms with E-state index >= 15 is 0 Å². The van der Waals surface area contributed by atoms with Crippen LogP contribution in [0.1, 0.15) is 120 Å². The number of methoxy groups -OCH3 is 2. The van der Waals surface area contributed by atoms with Gasteiger partial charge in [0, 0.05) is 43.5 Å². The molecular formula is C51H80O19. The number of hydrogen-bond donors (Lipinski definition) is 5. The van der Waals surface area contributed by atoms with Gasteiger partial charge in [0.2, 0.25) is 0 Å². The van der Waals surface area contributed by atoms with Crippen molar-refractivity contribution in [3.05, 3.63) is 11.6 Å². The molecule has 8 rings (SSSR count). The highest BCUT2D eigenvalue weighted by molar-refractivity contribution is 5.88. The Hall–Kier alpha value is -2.21. The summed E-state index contributed by atoms with van der Waals surface area (Å²) >= 11 is 0. The second-order valence-electron chi connectivity index (χ2n) is 22.1. The molecule has 0 radical (unpaired) electrons. The Balaban J connectivity index is 0.960. The zero-order valence-electron chi connectivity index (χ0n) is 42.7. The number of fused-ring (bicyclic) bond motifs is 2. The average molecular weight is 997 g/mol. The first-order valence-electron chi connectivity index (χ1n) is 25.7. The molecular weight excluding hydrogens is 917 g/mol. The van der Waals surface area contributed by atoms with Crippen LogP contribution in [0.25, 0.3) is 0 Å². The fourth-order valence-electron chi connectivity index (χ4n) is 14.4. The highest BCUT2D eigenvalue weighted by Gasteiger charge is 2.91. The first-order valence-corrected chi connectivity index (χ1v) is 25.7. The van der Waals surface area contributed by atoms with Crippen molar-refractivity contribution in [3.63, 3.8) is 0 Å². The maximum Gasteiger partial charge on any atom is 0.333 e. The lowest BCUT2D eigenvalue weighted by Gasteiger charge is -2.61. The number of ketones is 1. The predicted octanol–water partition coefficient (Wildman–Crippen LogP) is 2.79. The van der Waals surface area contributed by atoms with E-state index in [1.54, 1.807) is 40.9 Å². The molecule has 0 amide bonds. The molecule has 4 aliphatic heterocycles. The van der Waals surface area contributed by atoms with Crippen molar-refractivity contribution in [3.8, 4) is 0 Å². The molecule has 25 atom stereocenters. The fraction of sp³-hybridized carbons (Fsp3) is 0.902. The third-order valence-corrected chi connectivity index (χ3v) is 18.6. The van der Waals surface area contributed by atoms with Crippen molar-refractivity contribution >= 4 is 17.7 Å². The van der Waals surface area contributed by atoms with Crippen molar-refractivity contribution in [2.75, 3.05) is 20.8 Å². The minimum atomic E-state index is -1.67. The maximum atomic E-state index is 14.0. The van der Waals surface area contributed by atoms with Gasteiger partial charge in [0.15, 0.2) is 18.9 Å². The molecule has 0 aromatic heterocycles. The van der Waals surface area contributed by atoms with Gasteiger partial charge in [-0.3, -0.25) is 9.59 Å². The number of allylic oxidation sites excluding steroid dienone is 1. The molecule has 1 unspecified atom stereocenters. The molecule has 8 aliphatic rings. The molecule has 4 aliphatic carbocycles. The zero-order chi connectivity index (χ0) is 51.0. The van der Waals surface area contributed by atoms with Crippen LogP contribution in [0.5, 0.6) is 0 Å². The van der Waals surface area contributed by atoms with Gasteiger partial charge >= 0.3 is 11.9 Å². The standard InChI is InChI=1S/C51H80O19/c1-12-23(3)44(58)66-41-42-48(8)17-15-29(20-28(48)14-18-50(42)51(70-50)19-16-30(25(5)53)49(51,9)43(41)69-45(59)24(4)13-2)64-33-21-31(60-10)38(26(6)62-33)67-47-37(57)40(61-11)39(27(7)63-47)68-46-36(56)35(55)34(54)32(22-52)65-46/h13,23,26-43,46-47,52,54-57H,12,14-22H2,1-11H3/b24-13+/t23?,26-,27-,28+,29+,30+,31-,32-,33+,34-,35+,36-,37-,38-,39-,40+,41+,42-,43-,46+,47+,48+,49+,50+,51-/m1/s1. The lowest BCUT2D eigenvalue weighted by Crippen LogP contribution is -2.71. The van der Waals surface area contributed by atoms with E-state index in [1.807, 2.05) is 27.7 Å². The molecule has 4 saturated carbocycles. The van der Waals surface area contributed by atoms with Crippen LogP contribution in [0.4, 0.5) is 0 Å². The molecule has 0 aromatic carbocycles. The predicted molar refractivity (Wildman–Crippen MR) is 244 cm³/mol. The van der Waals surface area contributed by atoms with Crippen molar-refractivity contribution in [1.29, 1.82) is 0 Å². The number of esters is 2. The molecule has 70 heavy (non-hydrogen) atoms. The Labute approximate surface area is 411 Å². The number of epoxide rings is 1. The van der Waals surface area contributed by atoms with Gasteiger partial charge in [-0.1, -0.05) is 33.8 Å².